The largest absolute Gasteiger partial charge is 0.479 e. The standard InChI is InChI=1S/C18H26O9S2/c1-6-25-13(19)11(14(20)26-7-2)10-9-18(15(21)23-4,16(22)24-5)12(10)29-17(28)27-8-3/h10-12H,6-9H2,1-5H3/t10-,12-/m1/s1. The summed E-state index contributed by atoms with van der Waals surface area (Å²) in [6, 6.07) is 0. The topological polar surface area (TPSA) is 114 Å². The second-order valence-corrected chi connectivity index (χ2v) is 7.77. The minimum Gasteiger partial charge on any atom is -0.479 e. The molecule has 164 valence electrons. The number of thiocarbonyl (C=S) groups is 1. The van der Waals surface area contributed by atoms with Crippen molar-refractivity contribution < 1.29 is 42.9 Å². The van der Waals surface area contributed by atoms with Crippen molar-refractivity contribution in [2.75, 3.05) is 34.0 Å². The Morgan fingerprint density at radius 2 is 1.38 bits per heavy atom. The molecular formula is C18H26O9S2. The fourth-order valence-electron chi connectivity index (χ4n) is 3.29. The quantitative estimate of drug-likeness (QED) is 0.220. The van der Waals surface area contributed by atoms with Gasteiger partial charge in [-0.05, 0) is 45.3 Å². The molecule has 11 heteroatoms. The van der Waals surface area contributed by atoms with Crippen LogP contribution in [0.1, 0.15) is 27.2 Å². The Kier molecular flexibility index (Phi) is 9.84. The maximum absolute atomic E-state index is 12.6. The van der Waals surface area contributed by atoms with Gasteiger partial charge < -0.3 is 23.7 Å². The summed E-state index contributed by atoms with van der Waals surface area (Å²) in [6.07, 6.45) is -0.166. The van der Waals surface area contributed by atoms with Gasteiger partial charge in [0, 0.05) is 5.25 Å². The van der Waals surface area contributed by atoms with Gasteiger partial charge in [-0.25, -0.2) is 0 Å². The van der Waals surface area contributed by atoms with E-state index in [2.05, 4.69) is 0 Å². The lowest BCUT2D eigenvalue weighted by molar-refractivity contribution is -0.187. The summed E-state index contributed by atoms with van der Waals surface area (Å²) in [5, 5.41) is -0.944. The summed E-state index contributed by atoms with van der Waals surface area (Å²) in [5.74, 6) is -5.40. The second-order valence-electron chi connectivity index (χ2n) is 6.03. The van der Waals surface area contributed by atoms with E-state index in [-0.39, 0.29) is 30.6 Å². The Morgan fingerprint density at radius 3 is 1.76 bits per heavy atom. The van der Waals surface area contributed by atoms with E-state index < -0.39 is 46.4 Å². The smallest absolute Gasteiger partial charge is 0.324 e. The molecule has 0 spiro atoms. The minimum atomic E-state index is -1.74. The average Bonchev–Trinajstić information content (AvgIpc) is 2.68. The lowest BCUT2D eigenvalue weighted by atomic mass is 9.57. The number of carbonyl (C=O) groups is 4. The van der Waals surface area contributed by atoms with Crippen LogP contribution in [0.25, 0.3) is 0 Å². The minimum absolute atomic E-state index is 0.0514. The first-order valence-electron chi connectivity index (χ1n) is 9.08. The van der Waals surface area contributed by atoms with Crippen molar-refractivity contribution in [2.24, 2.45) is 17.3 Å². The molecule has 0 aromatic heterocycles. The molecule has 0 unspecified atom stereocenters. The molecule has 0 aliphatic heterocycles. The van der Waals surface area contributed by atoms with Crippen molar-refractivity contribution in [3.63, 3.8) is 0 Å². The summed E-state index contributed by atoms with van der Waals surface area (Å²) in [5.41, 5.74) is -1.74. The Labute approximate surface area is 179 Å². The number of hydrogen-bond donors (Lipinski definition) is 0. The predicted octanol–water partition coefficient (Wildman–Crippen LogP) is 1.50. The average molecular weight is 451 g/mol. The molecule has 0 radical (unpaired) electrons. The first-order valence-corrected chi connectivity index (χ1v) is 10.4. The van der Waals surface area contributed by atoms with E-state index >= 15 is 0 Å². The Morgan fingerprint density at radius 1 is 0.931 bits per heavy atom. The van der Waals surface area contributed by atoms with E-state index in [1.165, 1.54) is 0 Å². The zero-order valence-electron chi connectivity index (χ0n) is 17.1. The van der Waals surface area contributed by atoms with Crippen molar-refractivity contribution in [1.29, 1.82) is 0 Å². The lowest BCUT2D eigenvalue weighted by Crippen LogP contribution is -2.64. The van der Waals surface area contributed by atoms with Gasteiger partial charge in [0.15, 0.2) is 11.3 Å². The number of carbonyl (C=O) groups excluding carboxylic acids is 4. The molecule has 1 rings (SSSR count). The molecule has 1 aliphatic carbocycles. The molecule has 0 heterocycles. The van der Waals surface area contributed by atoms with Gasteiger partial charge in [-0.15, -0.1) is 0 Å². The molecule has 1 aliphatic rings. The zero-order chi connectivity index (χ0) is 22.2. The summed E-state index contributed by atoms with van der Waals surface area (Å²) in [7, 11) is 2.27. The molecule has 0 saturated heterocycles. The van der Waals surface area contributed by atoms with Crippen LogP contribution in [0.5, 0.6) is 0 Å². The molecular weight excluding hydrogens is 424 g/mol. The summed E-state index contributed by atoms with van der Waals surface area (Å²) in [6.45, 7) is 5.30. The van der Waals surface area contributed by atoms with Crippen LogP contribution in [0, 0.1) is 17.3 Å². The molecule has 0 N–H and O–H groups in total. The molecule has 1 fully saturated rings. The van der Waals surface area contributed by atoms with Crippen LogP contribution < -0.4 is 0 Å². The summed E-state index contributed by atoms with van der Waals surface area (Å²) in [4.78, 5) is 50.2. The highest BCUT2D eigenvalue weighted by Gasteiger charge is 2.69. The van der Waals surface area contributed by atoms with Crippen molar-refractivity contribution in [3.05, 3.63) is 0 Å². The van der Waals surface area contributed by atoms with Crippen LogP contribution >= 0.6 is 24.0 Å². The Hall–Kier alpha value is -1.88. The van der Waals surface area contributed by atoms with E-state index in [0.717, 1.165) is 26.0 Å². The SMILES string of the molecule is CCOC(=O)C(C(=O)OCC)[C@H]1CC(C(=O)OC)(C(=O)OC)[C@@H]1SC(=S)OCC. The lowest BCUT2D eigenvalue weighted by Gasteiger charge is -2.51. The zero-order valence-corrected chi connectivity index (χ0v) is 18.7. The van der Waals surface area contributed by atoms with Crippen LogP contribution in [0.2, 0.25) is 0 Å². The monoisotopic (exact) mass is 450 g/mol. The molecule has 2 atom stereocenters. The van der Waals surface area contributed by atoms with Crippen molar-refractivity contribution in [2.45, 2.75) is 32.4 Å². The molecule has 0 amide bonds. The fraction of sp³-hybridized carbons (Fsp3) is 0.722. The van der Waals surface area contributed by atoms with E-state index in [1.807, 2.05) is 0 Å². The fourth-order valence-corrected chi connectivity index (χ4v) is 5.03. The highest BCUT2D eigenvalue weighted by molar-refractivity contribution is 8.23. The van der Waals surface area contributed by atoms with Gasteiger partial charge >= 0.3 is 23.9 Å². The highest BCUT2D eigenvalue weighted by Crippen LogP contribution is 2.57. The van der Waals surface area contributed by atoms with Gasteiger partial charge in [-0.2, -0.15) is 0 Å². The number of thioether (sulfide) groups is 1. The van der Waals surface area contributed by atoms with Gasteiger partial charge in [0.25, 0.3) is 0 Å². The van der Waals surface area contributed by atoms with Crippen molar-refractivity contribution in [1.82, 2.24) is 0 Å². The molecule has 9 nitrogen and oxygen atoms in total. The van der Waals surface area contributed by atoms with E-state index in [0.29, 0.717) is 0 Å². The number of rotatable bonds is 9. The van der Waals surface area contributed by atoms with Crippen LogP contribution in [0.15, 0.2) is 0 Å². The van der Waals surface area contributed by atoms with Crippen LogP contribution in [-0.2, 0) is 42.9 Å². The van der Waals surface area contributed by atoms with Gasteiger partial charge in [0.05, 0.1) is 34.0 Å². The van der Waals surface area contributed by atoms with E-state index in [1.54, 1.807) is 20.8 Å². The first-order chi connectivity index (χ1) is 13.7. The maximum atomic E-state index is 12.6. The number of hydrogen-bond acceptors (Lipinski definition) is 11. The van der Waals surface area contributed by atoms with Crippen LogP contribution in [0.4, 0.5) is 0 Å². The molecule has 0 aromatic carbocycles. The van der Waals surface area contributed by atoms with Gasteiger partial charge in [0.1, 0.15) is 0 Å². The van der Waals surface area contributed by atoms with Crippen LogP contribution in [0.3, 0.4) is 0 Å². The highest BCUT2D eigenvalue weighted by atomic mass is 32.2. The number of esters is 4. The predicted molar refractivity (Wildman–Crippen MR) is 107 cm³/mol. The normalized spacial score (nSPS) is 19.5. The number of ether oxygens (including phenoxy) is 5. The maximum Gasteiger partial charge on any atom is 0.324 e. The second kappa shape index (κ2) is 11.3. The van der Waals surface area contributed by atoms with Crippen LogP contribution in [-0.4, -0.2) is 67.6 Å². The van der Waals surface area contributed by atoms with Gasteiger partial charge in [0.2, 0.25) is 4.38 Å². The third-order valence-corrected chi connectivity index (χ3v) is 6.25. The molecule has 0 aromatic rings. The Bertz CT molecular complexity index is 615. The summed E-state index contributed by atoms with van der Waals surface area (Å²) >= 11 is 6.06. The molecule has 1 saturated carbocycles. The molecule has 29 heavy (non-hydrogen) atoms. The van der Waals surface area contributed by atoms with E-state index in [9.17, 15) is 19.2 Å². The van der Waals surface area contributed by atoms with Crippen molar-refractivity contribution >= 4 is 52.2 Å². The van der Waals surface area contributed by atoms with Crippen molar-refractivity contribution in [3.8, 4) is 0 Å². The van der Waals surface area contributed by atoms with E-state index in [4.69, 9.17) is 35.9 Å². The third kappa shape index (κ3) is 5.19. The van der Waals surface area contributed by atoms with Gasteiger partial charge in [-0.1, -0.05) is 11.8 Å². The first kappa shape index (κ1) is 25.2. The third-order valence-electron chi connectivity index (χ3n) is 4.53. The van der Waals surface area contributed by atoms with Gasteiger partial charge in [-0.3, -0.25) is 19.2 Å². The summed E-state index contributed by atoms with van der Waals surface area (Å²) < 4.78 is 25.0. The number of methoxy groups -OCH3 is 2. The molecule has 0 bridgehead atoms. The Balaban J connectivity index is 3.39.